The van der Waals surface area contributed by atoms with Gasteiger partial charge in [0.1, 0.15) is 0 Å². The minimum Gasteiger partial charge on any atom is -0.342 e. The summed E-state index contributed by atoms with van der Waals surface area (Å²) in [4.78, 5) is 12.7. The number of likely N-dealkylation sites (tertiary alicyclic amines) is 1. The lowest BCUT2D eigenvalue weighted by molar-refractivity contribution is -0.152. The van der Waals surface area contributed by atoms with Crippen LogP contribution < -0.4 is 0 Å². The minimum atomic E-state index is 0.310. The molecule has 1 aliphatic rings. The second-order valence-electron chi connectivity index (χ2n) is 2.70. The molecule has 1 saturated heterocycles. The Hall–Kier alpha value is -0.530. The van der Waals surface area contributed by atoms with Crippen LogP contribution in [-0.2, 0) is 4.79 Å². The van der Waals surface area contributed by atoms with E-state index in [0.717, 1.165) is 6.42 Å². The molecule has 9 heavy (non-hydrogen) atoms. The molecule has 0 aromatic rings. The van der Waals surface area contributed by atoms with Gasteiger partial charge in [-0.25, -0.2) is 0 Å². The predicted octanol–water partition coefficient (Wildman–Crippen LogP) is 0.873. The summed E-state index contributed by atoms with van der Waals surface area (Å²) in [6.07, 6.45) is 0.990. The van der Waals surface area contributed by atoms with E-state index in [1.54, 1.807) is 4.90 Å². The molecule has 2 nitrogen and oxygen atoms in total. The third-order valence-electron chi connectivity index (χ3n) is 2.30. The lowest BCUT2D eigenvalue weighted by Gasteiger charge is -2.42. The standard InChI is InChI=1S/C7H13NO/c1-4-6-5(2)8(3)7(6)9/h5-6H,4H2,1-3H3. The van der Waals surface area contributed by atoms with Crippen LogP contribution in [0.2, 0.25) is 0 Å². The first-order valence-electron chi connectivity index (χ1n) is 3.45. The molecule has 0 aromatic heterocycles. The summed E-state index contributed by atoms with van der Waals surface area (Å²) in [5.74, 6) is 0.625. The van der Waals surface area contributed by atoms with Crippen molar-refractivity contribution in [2.24, 2.45) is 5.92 Å². The van der Waals surface area contributed by atoms with Gasteiger partial charge in [0.05, 0.1) is 5.92 Å². The maximum absolute atomic E-state index is 10.9. The molecular formula is C7H13NO. The smallest absolute Gasteiger partial charge is 0.227 e. The third kappa shape index (κ3) is 0.732. The van der Waals surface area contributed by atoms with E-state index in [0.29, 0.717) is 17.9 Å². The van der Waals surface area contributed by atoms with Crippen molar-refractivity contribution in [3.8, 4) is 0 Å². The van der Waals surface area contributed by atoms with Gasteiger partial charge in [0, 0.05) is 13.1 Å². The minimum absolute atomic E-state index is 0.310. The summed E-state index contributed by atoms with van der Waals surface area (Å²) < 4.78 is 0. The highest BCUT2D eigenvalue weighted by molar-refractivity contribution is 5.85. The Labute approximate surface area is 55.8 Å². The van der Waals surface area contributed by atoms with Crippen LogP contribution in [0.1, 0.15) is 20.3 Å². The molecule has 52 valence electrons. The van der Waals surface area contributed by atoms with Gasteiger partial charge in [-0.15, -0.1) is 0 Å². The topological polar surface area (TPSA) is 20.3 Å². The molecule has 0 saturated carbocycles. The summed E-state index contributed by atoms with van der Waals surface area (Å²) in [6, 6.07) is 0.475. The van der Waals surface area contributed by atoms with E-state index in [9.17, 15) is 4.79 Å². The molecule has 1 amide bonds. The lowest BCUT2D eigenvalue weighted by Crippen LogP contribution is -2.56. The van der Waals surface area contributed by atoms with E-state index in [1.165, 1.54) is 0 Å². The zero-order valence-electron chi connectivity index (χ0n) is 6.22. The normalized spacial score (nSPS) is 34.6. The molecule has 1 aliphatic heterocycles. The fourth-order valence-electron chi connectivity index (χ4n) is 1.37. The lowest BCUT2D eigenvalue weighted by atomic mass is 9.87. The average Bonchev–Trinajstić information content (AvgIpc) is 1.89. The quantitative estimate of drug-likeness (QED) is 0.479. The van der Waals surface area contributed by atoms with E-state index in [-0.39, 0.29) is 0 Å². The van der Waals surface area contributed by atoms with Gasteiger partial charge in [-0.05, 0) is 13.3 Å². The van der Waals surface area contributed by atoms with Crippen molar-refractivity contribution in [2.75, 3.05) is 7.05 Å². The van der Waals surface area contributed by atoms with Crippen LogP contribution in [0.3, 0.4) is 0 Å². The molecule has 0 bridgehead atoms. The van der Waals surface area contributed by atoms with Gasteiger partial charge in [0.2, 0.25) is 5.91 Å². The SMILES string of the molecule is CCC1C(=O)N(C)C1C. The molecule has 0 aromatic carbocycles. The van der Waals surface area contributed by atoms with E-state index < -0.39 is 0 Å². The molecule has 1 rings (SSSR count). The van der Waals surface area contributed by atoms with Crippen LogP contribution in [0.25, 0.3) is 0 Å². The van der Waals surface area contributed by atoms with Crippen LogP contribution >= 0.6 is 0 Å². The van der Waals surface area contributed by atoms with Crippen LogP contribution in [0.15, 0.2) is 0 Å². The number of hydrogen-bond acceptors (Lipinski definition) is 1. The number of nitrogens with zero attached hydrogens (tertiary/aromatic N) is 1. The van der Waals surface area contributed by atoms with Crippen LogP contribution in [0.5, 0.6) is 0 Å². The zero-order chi connectivity index (χ0) is 7.02. The summed E-state index contributed by atoms with van der Waals surface area (Å²) in [5.41, 5.74) is 0. The molecule has 2 unspecified atom stereocenters. The fourth-order valence-corrected chi connectivity index (χ4v) is 1.37. The van der Waals surface area contributed by atoms with Gasteiger partial charge in [0.25, 0.3) is 0 Å². The van der Waals surface area contributed by atoms with Crippen molar-refractivity contribution in [3.05, 3.63) is 0 Å². The molecule has 0 spiro atoms. The highest BCUT2D eigenvalue weighted by Gasteiger charge is 2.39. The molecule has 0 N–H and O–H groups in total. The van der Waals surface area contributed by atoms with E-state index in [4.69, 9.17) is 0 Å². The Bertz CT molecular complexity index is 133. The van der Waals surface area contributed by atoms with E-state index in [2.05, 4.69) is 13.8 Å². The van der Waals surface area contributed by atoms with Gasteiger partial charge < -0.3 is 4.90 Å². The Morgan fingerprint density at radius 1 is 1.67 bits per heavy atom. The molecule has 2 heteroatoms. The number of carbonyl (C=O) groups is 1. The van der Waals surface area contributed by atoms with Gasteiger partial charge >= 0.3 is 0 Å². The molecule has 0 radical (unpaired) electrons. The summed E-state index contributed by atoms with van der Waals surface area (Å²) in [6.45, 7) is 4.15. The van der Waals surface area contributed by atoms with Gasteiger partial charge in [-0.2, -0.15) is 0 Å². The largest absolute Gasteiger partial charge is 0.342 e. The van der Waals surface area contributed by atoms with Crippen molar-refractivity contribution in [1.82, 2.24) is 4.90 Å². The molecule has 1 fully saturated rings. The number of rotatable bonds is 1. The van der Waals surface area contributed by atoms with Crippen LogP contribution in [-0.4, -0.2) is 23.9 Å². The Kier molecular flexibility index (Phi) is 1.47. The zero-order valence-corrected chi connectivity index (χ0v) is 6.22. The number of β-lactam (4-membered cyclic amide) rings is 1. The monoisotopic (exact) mass is 127 g/mol. The van der Waals surface area contributed by atoms with Crippen molar-refractivity contribution in [2.45, 2.75) is 26.3 Å². The summed E-state index contributed by atoms with van der Waals surface area (Å²) in [5, 5.41) is 0. The Balaban J connectivity index is 2.51. The summed E-state index contributed by atoms with van der Waals surface area (Å²) in [7, 11) is 1.86. The van der Waals surface area contributed by atoms with Crippen molar-refractivity contribution in [3.63, 3.8) is 0 Å². The second-order valence-corrected chi connectivity index (χ2v) is 2.70. The van der Waals surface area contributed by atoms with Crippen molar-refractivity contribution < 1.29 is 4.79 Å². The maximum atomic E-state index is 10.9. The van der Waals surface area contributed by atoms with Crippen molar-refractivity contribution >= 4 is 5.91 Å². The first-order chi connectivity index (χ1) is 4.18. The molecule has 2 atom stereocenters. The van der Waals surface area contributed by atoms with Crippen molar-refractivity contribution in [1.29, 1.82) is 0 Å². The van der Waals surface area contributed by atoms with E-state index >= 15 is 0 Å². The predicted molar refractivity (Wildman–Crippen MR) is 36.0 cm³/mol. The first kappa shape index (κ1) is 6.59. The van der Waals surface area contributed by atoms with Gasteiger partial charge in [-0.1, -0.05) is 6.92 Å². The Morgan fingerprint density at radius 2 is 2.22 bits per heavy atom. The Morgan fingerprint density at radius 3 is 2.44 bits per heavy atom. The second kappa shape index (κ2) is 2.01. The summed E-state index contributed by atoms with van der Waals surface area (Å²) >= 11 is 0. The number of hydrogen-bond donors (Lipinski definition) is 0. The highest BCUT2D eigenvalue weighted by Crippen LogP contribution is 2.26. The van der Waals surface area contributed by atoms with E-state index in [1.807, 2.05) is 7.05 Å². The van der Waals surface area contributed by atoms with Crippen LogP contribution in [0, 0.1) is 5.92 Å². The molecular weight excluding hydrogens is 114 g/mol. The molecule has 1 heterocycles. The first-order valence-corrected chi connectivity index (χ1v) is 3.45. The third-order valence-corrected chi connectivity index (χ3v) is 2.30. The molecule has 0 aliphatic carbocycles. The van der Waals surface area contributed by atoms with Gasteiger partial charge in [-0.3, -0.25) is 4.79 Å². The maximum Gasteiger partial charge on any atom is 0.227 e. The average molecular weight is 127 g/mol. The fraction of sp³-hybridized carbons (Fsp3) is 0.857. The highest BCUT2D eigenvalue weighted by atomic mass is 16.2. The van der Waals surface area contributed by atoms with Gasteiger partial charge in [0.15, 0.2) is 0 Å². The van der Waals surface area contributed by atoms with Crippen LogP contribution in [0.4, 0.5) is 0 Å². The number of carbonyl (C=O) groups excluding carboxylic acids is 1. The number of amides is 1.